The first-order valence-corrected chi connectivity index (χ1v) is 8.06. The zero-order valence-electron chi connectivity index (χ0n) is 13.4. The van der Waals surface area contributed by atoms with E-state index >= 15 is 0 Å². The fourth-order valence-electron chi connectivity index (χ4n) is 2.95. The Bertz CT molecular complexity index is 837. The third-order valence-corrected chi connectivity index (χ3v) is 4.24. The molecule has 0 bridgehead atoms. The van der Waals surface area contributed by atoms with Crippen LogP contribution in [0.3, 0.4) is 0 Å². The van der Waals surface area contributed by atoms with Gasteiger partial charge in [-0.15, -0.1) is 0 Å². The van der Waals surface area contributed by atoms with Crippen molar-refractivity contribution in [1.82, 2.24) is 9.88 Å². The van der Waals surface area contributed by atoms with E-state index < -0.39 is 0 Å². The van der Waals surface area contributed by atoms with Crippen molar-refractivity contribution in [2.24, 2.45) is 0 Å². The molecule has 0 aliphatic carbocycles. The summed E-state index contributed by atoms with van der Waals surface area (Å²) in [6, 6.07) is 13.3. The number of nitrogens with zero attached hydrogens (tertiary/aromatic N) is 2. The second-order valence-corrected chi connectivity index (χ2v) is 6.10. The van der Waals surface area contributed by atoms with Gasteiger partial charge in [0.25, 0.3) is 5.91 Å². The van der Waals surface area contributed by atoms with Crippen molar-refractivity contribution in [3.05, 3.63) is 60.0 Å². The maximum atomic E-state index is 12.6. The van der Waals surface area contributed by atoms with E-state index in [1.54, 1.807) is 17.2 Å². The Morgan fingerprint density at radius 2 is 2.17 bits per heavy atom. The van der Waals surface area contributed by atoms with Crippen LogP contribution in [-0.4, -0.2) is 35.0 Å². The molecule has 1 aliphatic heterocycles. The number of hydrogen-bond donors (Lipinski definition) is 0. The van der Waals surface area contributed by atoms with Crippen molar-refractivity contribution in [3.8, 4) is 5.88 Å². The molecular formula is C19H18N2O3. The molecule has 24 heavy (non-hydrogen) atoms. The second-order valence-electron chi connectivity index (χ2n) is 6.10. The van der Waals surface area contributed by atoms with E-state index in [0.717, 1.165) is 23.0 Å². The van der Waals surface area contributed by atoms with Crippen LogP contribution in [0, 0.1) is 6.92 Å². The van der Waals surface area contributed by atoms with Crippen LogP contribution >= 0.6 is 0 Å². The molecule has 1 amide bonds. The molecule has 1 unspecified atom stereocenters. The van der Waals surface area contributed by atoms with E-state index in [1.165, 1.54) is 0 Å². The SMILES string of the molecule is Cc1ccc(OC2CCN(C(=O)c3cc4ccccc4o3)C2)nc1. The number of hydrogen-bond acceptors (Lipinski definition) is 4. The molecule has 5 nitrogen and oxygen atoms in total. The summed E-state index contributed by atoms with van der Waals surface area (Å²) < 4.78 is 11.5. The normalized spacial score (nSPS) is 17.4. The monoisotopic (exact) mass is 322 g/mol. The van der Waals surface area contributed by atoms with Crippen molar-refractivity contribution < 1.29 is 13.9 Å². The lowest BCUT2D eigenvalue weighted by Crippen LogP contribution is -2.30. The average Bonchev–Trinajstić information content (AvgIpc) is 3.23. The van der Waals surface area contributed by atoms with Crippen molar-refractivity contribution in [2.75, 3.05) is 13.1 Å². The lowest BCUT2D eigenvalue weighted by atomic mass is 10.2. The van der Waals surface area contributed by atoms with Crippen molar-refractivity contribution >= 4 is 16.9 Å². The van der Waals surface area contributed by atoms with Gasteiger partial charge in [-0.3, -0.25) is 4.79 Å². The van der Waals surface area contributed by atoms with Gasteiger partial charge in [0.2, 0.25) is 5.88 Å². The van der Waals surface area contributed by atoms with Crippen LogP contribution in [0.4, 0.5) is 0 Å². The van der Waals surface area contributed by atoms with Crippen molar-refractivity contribution in [3.63, 3.8) is 0 Å². The Morgan fingerprint density at radius 1 is 1.29 bits per heavy atom. The number of pyridine rings is 1. The third-order valence-electron chi connectivity index (χ3n) is 4.24. The fourth-order valence-corrected chi connectivity index (χ4v) is 2.95. The van der Waals surface area contributed by atoms with Crippen LogP contribution < -0.4 is 4.74 Å². The minimum atomic E-state index is -0.0887. The fraction of sp³-hybridized carbons (Fsp3) is 0.263. The van der Waals surface area contributed by atoms with Crippen LogP contribution in [0.5, 0.6) is 5.88 Å². The summed E-state index contributed by atoms with van der Waals surface area (Å²) in [4.78, 5) is 18.6. The van der Waals surface area contributed by atoms with Crippen LogP contribution in [0.2, 0.25) is 0 Å². The number of amides is 1. The van der Waals surface area contributed by atoms with Crippen LogP contribution in [0.1, 0.15) is 22.5 Å². The molecule has 1 aliphatic rings. The molecule has 5 heteroatoms. The summed E-state index contributed by atoms with van der Waals surface area (Å²) in [6.45, 7) is 3.19. The Kier molecular flexibility index (Phi) is 3.69. The number of carbonyl (C=O) groups is 1. The summed E-state index contributed by atoms with van der Waals surface area (Å²) in [5.74, 6) is 0.892. The number of carbonyl (C=O) groups excluding carboxylic acids is 1. The van der Waals surface area contributed by atoms with E-state index in [9.17, 15) is 4.79 Å². The molecule has 1 aromatic carbocycles. The molecule has 122 valence electrons. The standard InChI is InChI=1S/C19H18N2O3/c1-13-6-7-18(20-11-13)23-15-8-9-21(12-15)19(22)17-10-14-4-2-3-5-16(14)24-17/h2-7,10-11,15H,8-9,12H2,1H3. The van der Waals surface area contributed by atoms with Crippen LogP contribution in [0.15, 0.2) is 53.1 Å². The number of para-hydroxylation sites is 1. The number of aryl methyl sites for hydroxylation is 1. The number of furan rings is 1. The first kappa shape index (κ1) is 14.8. The number of rotatable bonds is 3. The Morgan fingerprint density at radius 3 is 2.96 bits per heavy atom. The largest absolute Gasteiger partial charge is 0.472 e. The van der Waals surface area contributed by atoms with Gasteiger partial charge in [-0.1, -0.05) is 24.3 Å². The van der Waals surface area contributed by atoms with Gasteiger partial charge in [0.05, 0.1) is 6.54 Å². The third kappa shape index (κ3) is 2.85. The summed E-state index contributed by atoms with van der Waals surface area (Å²) >= 11 is 0. The molecule has 4 rings (SSSR count). The zero-order chi connectivity index (χ0) is 16.5. The summed E-state index contributed by atoms with van der Waals surface area (Å²) in [5, 5.41) is 0.941. The number of likely N-dealkylation sites (tertiary alicyclic amines) is 1. The first-order chi connectivity index (χ1) is 11.7. The lowest BCUT2D eigenvalue weighted by Gasteiger charge is -2.15. The lowest BCUT2D eigenvalue weighted by molar-refractivity contribution is 0.0742. The van der Waals surface area contributed by atoms with Gasteiger partial charge in [-0.05, 0) is 24.6 Å². The molecule has 3 heterocycles. The average molecular weight is 322 g/mol. The quantitative estimate of drug-likeness (QED) is 0.741. The zero-order valence-corrected chi connectivity index (χ0v) is 13.4. The van der Waals surface area contributed by atoms with E-state index in [2.05, 4.69) is 4.98 Å². The van der Waals surface area contributed by atoms with Gasteiger partial charge in [0, 0.05) is 30.6 Å². The van der Waals surface area contributed by atoms with Crippen LogP contribution in [-0.2, 0) is 0 Å². The molecular weight excluding hydrogens is 304 g/mol. The first-order valence-electron chi connectivity index (χ1n) is 8.06. The molecule has 2 aromatic heterocycles. The molecule has 0 spiro atoms. The van der Waals surface area contributed by atoms with Crippen molar-refractivity contribution in [1.29, 1.82) is 0 Å². The highest BCUT2D eigenvalue weighted by Crippen LogP contribution is 2.23. The van der Waals surface area contributed by atoms with E-state index in [-0.39, 0.29) is 12.0 Å². The van der Waals surface area contributed by atoms with Gasteiger partial charge in [0.1, 0.15) is 11.7 Å². The molecule has 0 saturated carbocycles. The number of fused-ring (bicyclic) bond motifs is 1. The van der Waals surface area contributed by atoms with Gasteiger partial charge in [-0.25, -0.2) is 4.98 Å². The summed E-state index contributed by atoms with van der Waals surface area (Å²) in [6.07, 6.45) is 2.54. The Labute approximate surface area is 139 Å². The molecule has 3 aromatic rings. The Hall–Kier alpha value is -2.82. The second kappa shape index (κ2) is 6.00. The van der Waals surface area contributed by atoms with Gasteiger partial charge >= 0.3 is 0 Å². The maximum Gasteiger partial charge on any atom is 0.289 e. The molecule has 1 saturated heterocycles. The van der Waals surface area contributed by atoms with Gasteiger partial charge in [0.15, 0.2) is 5.76 Å². The van der Waals surface area contributed by atoms with Gasteiger partial charge in [-0.2, -0.15) is 0 Å². The predicted molar refractivity (Wildman–Crippen MR) is 90.1 cm³/mol. The smallest absolute Gasteiger partial charge is 0.289 e. The van der Waals surface area contributed by atoms with E-state index in [0.29, 0.717) is 24.7 Å². The molecule has 1 atom stereocenters. The maximum absolute atomic E-state index is 12.6. The highest BCUT2D eigenvalue weighted by atomic mass is 16.5. The topological polar surface area (TPSA) is 55.6 Å². The molecule has 0 radical (unpaired) electrons. The van der Waals surface area contributed by atoms with Crippen molar-refractivity contribution in [2.45, 2.75) is 19.4 Å². The Balaban J connectivity index is 1.44. The highest BCUT2D eigenvalue weighted by Gasteiger charge is 2.30. The summed E-state index contributed by atoms with van der Waals surface area (Å²) in [5.41, 5.74) is 1.83. The predicted octanol–water partition coefficient (Wildman–Crippen LogP) is 3.43. The number of aromatic nitrogens is 1. The summed E-state index contributed by atoms with van der Waals surface area (Å²) in [7, 11) is 0. The highest BCUT2D eigenvalue weighted by molar-refractivity contribution is 5.96. The minimum Gasteiger partial charge on any atom is -0.472 e. The van der Waals surface area contributed by atoms with E-state index in [1.807, 2.05) is 43.3 Å². The minimum absolute atomic E-state index is 0.0338. The van der Waals surface area contributed by atoms with Gasteiger partial charge < -0.3 is 14.1 Å². The number of benzene rings is 1. The number of ether oxygens (including phenoxy) is 1. The molecule has 0 N–H and O–H groups in total. The van der Waals surface area contributed by atoms with E-state index in [4.69, 9.17) is 9.15 Å². The molecule has 1 fully saturated rings. The van der Waals surface area contributed by atoms with Crippen LogP contribution in [0.25, 0.3) is 11.0 Å².